The minimum Gasteiger partial charge on any atom is -0.305 e. The van der Waals surface area contributed by atoms with Crippen molar-refractivity contribution in [2.45, 2.75) is 40.3 Å². The molecule has 0 radical (unpaired) electrons. The summed E-state index contributed by atoms with van der Waals surface area (Å²) >= 11 is 1.77. The third kappa shape index (κ3) is 2.94. The number of hydrogen-bond acceptors (Lipinski definition) is 4. The summed E-state index contributed by atoms with van der Waals surface area (Å²) in [5.41, 5.74) is 3.67. The zero-order chi connectivity index (χ0) is 13.1. The highest BCUT2D eigenvalue weighted by molar-refractivity contribution is 7.11. The molecule has 0 spiro atoms. The number of pyridine rings is 1. The maximum absolute atomic E-state index is 4.47. The van der Waals surface area contributed by atoms with Crippen molar-refractivity contribution >= 4 is 11.3 Å². The summed E-state index contributed by atoms with van der Waals surface area (Å²) in [6.45, 7) is 9.28. The van der Waals surface area contributed by atoms with Crippen LogP contribution in [-0.4, -0.2) is 9.97 Å². The molecule has 3 nitrogen and oxygen atoms in total. The molecule has 4 heteroatoms. The lowest BCUT2D eigenvalue weighted by Gasteiger charge is -2.13. The highest BCUT2D eigenvalue weighted by Crippen LogP contribution is 2.24. The lowest BCUT2D eigenvalue weighted by molar-refractivity contribution is 0.577. The lowest BCUT2D eigenvalue weighted by Crippen LogP contribution is -2.18. The molecule has 0 aliphatic carbocycles. The van der Waals surface area contributed by atoms with Gasteiger partial charge in [-0.1, -0.05) is 0 Å². The number of thiazole rings is 1. The molecule has 96 valence electrons. The Kier molecular flexibility index (Phi) is 4.09. The number of hydrogen-bond donors (Lipinski definition) is 1. The van der Waals surface area contributed by atoms with E-state index in [0.29, 0.717) is 6.04 Å². The molecule has 18 heavy (non-hydrogen) atoms. The number of aryl methyl sites for hydroxylation is 3. The van der Waals surface area contributed by atoms with Gasteiger partial charge >= 0.3 is 0 Å². The number of nitrogens with zero attached hydrogens (tertiary/aromatic N) is 2. The Labute approximate surface area is 112 Å². The summed E-state index contributed by atoms with van der Waals surface area (Å²) in [5.74, 6) is 0. The number of aromatic nitrogens is 2. The minimum absolute atomic E-state index is 0.329. The molecule has 0 bridgehead atoms. The maximum Gasteiger partial charge on any atom is 0.0900 e. The van der Waals surface area contributed by atoms with Crippen LogP contribution in [0.15, 0.2) is 18.5 Å². The first-order valence-corrected chi connectivity index (χ1v) is 6.96. The zero-order valence-electron chi connectivity index (χ0n) is 11.3. The van der Waals surface area contributed by atoms with Gasteiger partial charge in [-0.2, -0.15) is 0 Å². The molecule has 1 N–H and O–H groups in total. The van der Waals surface area contributed by atoms with E-state index in [2.05, 4.69) is 43.0 Å². The van der Waals surface area contributed by atoms with Crippen LogP contribution in [0, 0.1) is 20.8 Å². The Bertz CT molecular complexity index is 534. The molecule has 0 saturated carbocycles. The van der Waals surface area contributed by atoms with Crippen LogP contribution < -0.4 is 5.32 Å². The van der Waals surface area contributed by atoms with Crippen LogP contribution in [0.4, 0.5) is 0 Å². The van der Waals surface area contributed by atoms with Crippen molar-refractivity contribution in [3.8, 4) is 0 Å². The van der Waals surface area contributed by atoms with Gasteiger partial charge in [-0.3, -0.25) is 4.98 Å². The van der Waals surface area contributed by atoms with E-state index in [9.17, 15) is 0 Å². The monoisotopic (exact) mass is 261 g/mol. The van der Waals surface area contributed by atoms with Gasteiger partial charge in [0.15, 0.2) is 0 Å². The molecule has 1 unspecified atom stereocenters. The fourth-order valence-corrected chi connectivity index (χ4v) is 2.94. The van der Waals surface area contributed by atoms with Crippen LogP contribution >= 0.6 is 11.3 Å². The van der Waals surface area contributed by atoms with Crippen molar-refractivity contribution in [1.29, 1.82) is 0 Å². The Morgan fingerprint density at radius 2 is 2.11 bits per heavy atom. The third-order valence-corrected chi connectivity index (χ3v) is 4.33. The number of rotatable bonds is 4. The van der Waals surface area contributed by atoms with Crippen molar-refractivity contribution in [3.63, 3.8) is 0 Å². The van der Waals surface area contributed by atoms with Gasteiger partial charge in [-0.15, -0.1) is 11.3 Å². The fraction of sp³-hybridized carbons (Fsp3) is 0.429. The maximum atomic E-state index is 4.47. The smallest absolute Gasteiger partial charge is 0.0900 e. The lowest BCUT2D eigenvalue weighted by atomic mass is 10.1. The summed E-state index contributed by atoms with van der Waals surface area (Å²) in [5, 5.41) is 4.67. The molecule has 0 aliphatic rings. The standard InChI is InChI=1S/C14H19N3S/c1-9-5-6-15-7-13(9)8-16-10(2)14-11(3)17-12(4)18-14/h5-7,10,16H,8H2,1-4H3. The molecule has 0 saturated heterocycles. The predicted octanol–water partition coefficient (Wildman–Crippen LogP) is 3.31. The largest absolute Gasteiger partial charge is 0.305 e. The molecule has 2 aromatic rings. The van der Waals surface area contributed by atoms with Gasteiger partial charge in [0.2, 0.25) is 0 Å². The molecule has 0 fully saturated rings. The van der Waals surface area contributed by atoms with E-state index >= 15 is 0 Å². The highest BCUT2D eigenvalue weighted by Gasteiger charge is 2.12. The van der Waals surface area contributed by atoms with Crippen molar-refractivity contribution in [3.05, 3.63) is 45.2 Å². The van der Waals surface area contributed by atoms with Crippen LogP contribution in [0.25, 0.3) is 0 Å². The Morgan fingerprint density at radius 3 is 2.72 bits per heavy atom. The first-order valence-electron chi connectivity index (χ1n) is 6.14. The molecule has 1 atom stereocenters. The van der Waals surface area contributed by atoms with Crippen molar-refractivity contribution in [2.75, 3.05) is 0 Å². The van der Waals surface area contributed by atoms with Crippen molar-refractivity contribution < 1.29 is 0 Å². The van der Waals surface area contributed by atoms with Crippen LogP contribution in [0.1, 0.15) is 39.7 Å². The second kappa shape index (κ2) is 5.59. The van der Waals surface area contributed by atoms with Gasteiger partial charge in [0.1, 0.15) is 0 Å². The average molecular weight is 261 g/mol. The van der Waals surface area contributed by atoms with Crippen molar-refractivity contribution in [1.82, 2.24) is 15.3 Å². The van der Waals surface area contributed by atoms with Crippen LogP contribution in [0.3, 0.4) is 0 Å². The summed E-state index contributed by atoms with van der Waals surface area (Å²) < 4.78 is 0. The first-order chi connectivity index (χ1) is 8.58. The summed E-state index contributed by atoms with van der Waals surface area (Å²) in [4.78, 5) is 9.97. The van der Waals surface area contributed by atoms with Gasteiger partial charge in [0.25, 0.3) is 0 Å². The van der Waals surface area contributed by atoms with Gasteiger partial charge in [0, 0.05) is 29.9 Å². The van der Waals surface area contributed by atoms with Crippen molar-refractivity contribution in [2.24, 2.45) is 0 Å². The van der Waals surface area contributed by atoms with E-state index in [4.69, 9.17) is 0 Å². The van der Waals surface area contributed by atoms with E-state index < -0.39 is 0 Å². The van der Waals surface area contributed by atoms with Gasteiger partial charge in [-0.05, 0) is 44.9 Å². The molecule has 0 aromatic carbocycles. The van der Waals surface area contributed by atoms with Crippen LogP contribution in [-0.2, 0) is 6.54 Å². The van der Waals surface area contributed by atoms with E-state index in [1.165, 1.54) is 16.0 Å². The third-order valence-electron chi connectivity index (χ3n) is 3.08. The molecular weight excluding hydrogens is 242 g/mol. The molecular formula is C14H19N3S. The normalized spacial score (nSPS) is 12.7. The SMILES string of the molecule is Cc1nc(C)c(C(C)NCc2cnccc2C)s1. The van der Waals surface area contributed by atoms with Gasteiger partial charge in [0.05, 0.1) is 10.7 Å². The highest BCUT2D eigenvalue weighted by atomic mass is 32.1. The van der Waals surface area contributed by atoms with Crippen LogP contribution in [0.2, 0.25) is 0 Å². The molecule has 2 rings (SSSR count). The quantitative estimate of drug-likeness (QED) is 0.917. The summed E-state index contributed by atoms with van der Waals surface area (Å²) in [7, 11) is 0. The van der Waals surface area contributed by atoms with E-state index in [0.717, 1.165) is 17.2 Å². The van der Waals surface area contributed by atoms with Gasteiger partial charge in [-0.25, -0.2) is 4.98 Å². The Balaban J connectivity index is 2.03. The molecule has 2 aromatic heterocycles. The molecule has 0 aliphatic heterocycles. The average Bonchev–Trinajstić information content (AvgIpc) is 2.67. The second-order valence-electron chi connectivity index (χ2n) is 4.59. The Morgan fingerprint density at radius 1 is 1.33 bits per heavy atom. The van der Waals surface area contributed by atoms with E-state index in [1.807, 2.05) is 18.5 Å². The topological polar surface area (TPSA) is 37.8 Å². The fourth-order valence-electron chi connectivity index (χ4n) is 1.99. The predicted molar refractivity (Wildman–Crippen MR) is 75.8 cm³/mol. The summed E-state index contributed by atoms with van der Waals surface area (Å²) in [6.07, 6.45) is 3.76. The zero-order valence-corrected chi connectivity index (χ0v) is 12.1. The first kappa shape index (κ1) is 13.2. The van der Waals surface area contributed by atoms with E-state index in [-0.39, 0.29) is 0 Å². The molecule has 0 amide bonds. The second-order valence-corrected chi connectivity index (χ2v) is 5.82. The van der Waals surface area contributed by atoms with Crippen LogP contribution in [0.5, 0.6) is 0 Å². The Hall–Kier alpha value is -1.26. The van der Waals surface area contributed by atoms with E-state index in [1.54, 1.807) is 11.3 Å². The molecule has 2 heterocycles. The van der Waals surface area contributed by atoms with Gasteiger partial charge < -0.3 is 5.32 Å². The minimum atomic E-state index is 0.329. The number of nitrogens with one attached hydrogen (secondary N) is 1. The summed E-state index contributed by atoms with van der Waals surface area (Å²) in [6, 6.07) is 2.37.